The maximum Gasteiger partial charge on any atom is 0.122 e. The molecule has 1 aliphatic rings. The summed E-state index contributed by atoms with van der Waals surface area (Å²) in [6.45, 7) is 4.40. The molecule has 0 spiro atoms. The molecule has 2 rings (SSSR count). The maximum atomic E-state index is 5.38. The van der Waals surface area contributed by atoms with Crippen molar-refractivity contribution in [1.29, 1.82) is 0 Å². The van der Waals surface area contributed by atoms with Crippen molar-refractivity contribution < 1.29 is 4.74 Å². The van der Waals surface area contributed by atoms with Crippen LogP contribution in [0.1, 0.15) is 37.3 Å². The minimum Gasteiger partial charge on any atom is -0.496 e. The summed E-state index contributed by atoms with van der Waals surface area (Å²) in [7, 11) is 1.75. The van der Waals surface area contributed by atoms with E-state index in [0.717, 1.165) is 11.0 Å². The lowest BCUT2D eigenvalue weighted by molar-refractivity contribution is 0.410. The van der Waals surface area contributed by atoms with E-state index >= 15 is 0 Å². The third-order valence-corrected chi connectivity index (χ3v) is 4.66. The van der Waals surface area contributed by atoms with E-state index in [0.29, 0.717) is 0 Å². The Kier molecular flexibility index (Phi) is 3.80. The molecule has 0 aliphatic carbocycles. The Balaban J connectivity index is 2.22. The van der Waals surface area contributed by atoms with Gasteiger partial charge in [-0.3, -0.25) is 0 Å². The van der Waals surface area contributed by atoms with Gasteiger partial charge in [0.1, 0.15) is 5.75 Å². The third kappa shape index (κ3) is 2.37. The summed E-state index contributed by atoms with van der Waals surface area (Å²) in [5, 5.41) is 0.824. The zero-order valence-corrected chi connectivity index (χ0v) is 11.2. The molecule has 0 aromatic heterocycles. The highest BCUT2D eigenvalue weighted by atomic mass is 32.2. The maximum absolute atomic E-state index is 5.38. The van der Waals surface area contributed by atoms with Crippen LogP contribution in [0.25, 0.3) is 0 Å². The van der Waals surface area contributed by atoms with E-state index in [4.69, 9.17) is 4.74 Å². The van der Waals surface area contributed by atoms with Crippen molar-refractivity contribution in [1.82, 2.24) is 0 Å². The molecule has 1 aromatic carbocycles. The van der Waals surface area contributed by atoms with Gasteiger partial charge in [0.15, 0.2) is 0 Å². The fourth-order valence-corrected chi connectivity index (χ4v) is 3.81. The highest BCUT2D eigenvalue weighted by Gasteiger charge is 2.19. The van der Waals surface area contributed by atoms with Crippen LogP contribution in [0.5, 0.6) is 5.75 Å². The molecular weight excluding hydrogens is 216 g/mol. The topological polar surface area (TPSA) is 9.23 Å². The van der Waals surface area contributed by atoms with E-state index in [9.17, 15) is 0 Å². The van der Waals surface area contributed by atoms with E-state index in [1.54, 1.807) is 7.11 Å². The fourth-order valence-electron chi connectivity index (χ4n) is 2.31. The van der Waals surface area contributed by atoms with Crippen LogP contribution in [0.4, 0.5) is 0 Å². The molecule has 1 heterocycles. The van der Waals surface area contributed by atoms with Gasteiger partial charge in [-0.1, -0.05) is 13.3 Å². The highest BCUT2D eigenvalue weighted by Crippen LogP contribution is 2.40. The van der Waals surface area contributed by atoms with Gasteiger partial charge in [-0.05, 0) is 49.4 Å². The molecule has 0 N–H and O–H groups in total. The van der Waals surface area contributed by atoms with Gasteiger partial charge in [-0.15, -0.1) is 11.8 Å². The molecule has 1 unspecified atom stereocenters. The Morgan fingerprint density at radius 1 is 1.44 bits per heavy atom. The van der Waals surface area contributed by atoms with Crippen LogP contribution in [0.2, 0.25) is 0 Å². The SMILES string of the molecule is CCCC1CCc2cc(OC)c(C)cc2S1. The standard InChI is InChI=1S/C14H20OS/c1-4-5-12-7-6-11-9-13(15-3)10(2)8-14(11)16-12/h8-9,12H,4-7H2,1-3H3. The van der Waals surface area contributed by atoms with Crippen molar-refractivity contribution in [2.45, 2.75) is 49.7 Å². The molecule has 16 heavy (non-hydrogen) atoms. The van der Waals surface area contributed by atoms with Crippen LogP contribution in [0.15, 0.2) is 17.0 Å². The number of methoxy groups -OCH3 is 1. The molecule has 1 atom stereocenters. The molecular formula is C14H20OS. The molecule has 0 bridgehead atoms. The van der Waals surface area contributed by atoms with E-state index < -0.39 is 0 Å². The van der Waals surface area contributed by atoms with Crippen molar-refractivity contribution in [2.24, 2.45) is 0 Å². The van der Waals surface area contributed by atoms with Gasteiger partial charge in [-0.2, -0.15) is 0 Å². The molecule has 1 aromatic rings. The van der Waals surface area contributed by atoms with Gasteiger partial charge >= 0.3 is 0 Å². The van der Waals surface area contributed by atoms with Gasteiger partial charge in [0, 0.05) is 10.1 Å². The zero-order chi connectivity index (χ0) is 11.5. The van der Waals surface area contributed by atoms with Crippen LogP contribution in [-0.2, 0) is 6.42 Å². The first-order valence-corrected chi connectivity index (χ1v) is 6.96. The van der Waals surface area contributed by atoms with Crippen molar-refractivity contribution >= 4 is 11.8 Å². The second-order valence-electron chi connectivity index (χ2n) is 4.50. The second-order valence-corrected chi connectivity index (χ2v) is 5.84. The number of benzene rings is 1. The Bertz CT molecular complexity index is 373. The van der Waals surface area contributed by atoms with E-state index in [2.05, 4.69) is 37.7 Å². The first-order valence-electron chi connectivity index (χ1n) is 6.08. The van der Waals surface area contributed by atoms with Crippen molar-refractivity contribution in [3.63, 3.8) is 0 Å². The van der Waals surface area contributed by atoms with Crippen LogP contribution < -0.4 is 4.74 Å². The molecule has 0 radical (unpaired) electrons. The number of hydrogen-bond acceptors (Lipinski definition) is 2. The Morgan fingerprint density at radius 3 is 2.94 bits per heavy atom. The minimum atomic E-state index is 0.824. The van der Waals surface area contributed by atoms with Gasteiger partial charge in [-0.25, -0.2) is 0 Å². The van der Waals surface area contributed by atoms with Gasteiger partial charge in [0.05, 0.1) is 7.11 Å². The average molecular weight is 236 g/mol. The third-order valence-electron chi connectivity index (χ3n) is 3.22. The molecule has 1 aliphatic heterocycles. The highest BCUT2D eigenvalue weighted by molar-refractivity contribution is 8.00. The lowest BCUT2D eigenvalue weighted by atomic mass is 10.0. The predicted molar refractivity (Wildman–Crippen MR) is 70.6 cm³/mol. The van der Waals surface area contributed by atoms with Crippen molar-refractivity contribution in [2.75, 3.05) is 7.11 Å². The van der Waals surface area contributed by atoms with Crippen LogP contribution >= 0.6 is 11.8 Å². The summed E-state index contributed by atoms with van der Waals surface area (Å²) in [5.41, 5.74) is 2.73. The number of aryl methyl sites for hydroxylation is 2. The molecule has 0 saturated heterocycles. The van der Waals surface area contributed by atoms with Crippen LogP contribution in [0.3, 0.4) is 0 Å². The van der Waals surface area contributed by atoms with E-state index in [-0.39, 0.29) is 0 Å². The van der Waals surface area contributed by atoms with Crippen molar-refractivity contribution in [3.8, 4) is 5.75 Å². The number of rotatable bonds is 3. The first kappa shape index (κ1) is 11.8. The molecule has 0 fully saturated rings. The van der Waals surface area contributed by atoms with Crippen molar-refractivity contribution in [3.05, 3.63) is 23.3 Å². The lowest BCUT2D eigenvalue weighted by Gasteiger charge is -2.24. The molecule has 0 saturated carbocycles. The van der Waals surface area contributed by atoms with E-state index in [1.165, 1.54) is 41.7 Å². The summed E-state index contributed by atoms with van der Waals surface area (Å²) in [4.78, 5) is 1.48. The summed E-state index contributed by atoms with van der Waals surface area (Å²) >= 11 is 2.06. The first-order chi connectivity index (χ1) is 7.74. The number of ether oxygens (including phenoxy) is 1. The normalized spacial score (nSPS) is 19.3. The van der Waals surface area contributed by atoms with Gasteiger partial charge < -0.3 is 4.74 Å². The lowest BCUT2D eigenvalue weighted by Crippen LogP contribution is -2.10. The summed E-state index contributed by atoms with van der Waals surface area (Å²) in [6, 6.07) is 4.51. The minimum absolute atomic E-state index is 0.824. The molecule has 2 heteroatoms. The quantitative estimate of drug-likeness (QED) is 0.777. The van der Waals surface area contributed by atoms with Crippen LogP contribution in [-0.4, -0.2) is 12.4 Å². The predicted octanol–water partition coefficient (Wildman–Crippen LogP) is 4.21. The molecule has 1 nitrogen and oxygen atoms in total. The summed E-state index contributed by atoms with van der Waals surface area (Å²) in [5.74, 6) is 1.04. The Hall–Kier alpha value is -0.630. The largest absolute Gasteiger partial charge is 0.496 e. The number of hydrogen-bond donors (Lipinski definition) is 0. The van der Waals surface area contributed by atoms with Gasteiger partial charge in [0.2, 0.25) is 0 Å². The summed E-state index contributed by atoms with van der Waals surface area (Å²) in [6.07, 6.45) is 5.17. The Morgan fingerprint density at radius 2 is 2.25 bits per heavy atom. The monoisotopic (exact) mass is 236 g/mol. The number of thioether (sulfide) groups is 1. The Labute approximate surface area is 103 Å². The summed E-state index contributed by atoms with van der Waals surface area (Å²) < 4.78 is 5.38. The fraction of sp³-hybridized carbons (Fsp3) is 0.571. The van der Waals surface area contributed by atoms with Crippen LogP contribution in [0, 0.1) is 6.92 Å². The molecule has 88 valence electrons. The second kappa shape index (κ2) is 5.13. The zero-order valence-electron chi connectivity index (χ0n) is 10.4. The van der Waals surface area contributed by atoms with E-state index in [1.807, 2.05) is 0 Å². The smallest absolute Gasteiger partial charge is 0.122 e. The average Bonchev–Trinajstić information content (AvgIpc) is 2.28. The number of fused-ring (bicyclic) bond motifs is 1. The molecule has 0 amide bonds. The van der Waals surface area contributed by atoms with Gasteiger partial charge in [0.25, 0.3) is 0 Å².